The minimum atomic E-state index is -1.65. The second-order valence-electron chi connectivity index (χ2n) is 6.86. The molecule has 168 valence electrons. The van der Waals surface area contributed by atoms with E-state index in [9.17, 15) is 24.9 Å². The number of nitrogens with zero attached hydrogens (tertiary/aromatic N) is 1. The second-order valence-corrected chi connectivity index (χ2v) is 8.54. The van der Waals surface area contributed by atoms with Crippen LogP contribution in [0.1, 0.15) is 5.56 Å². The molecule has 0 saturated carbocycles. The van der Waals surface area contributed by atoms with Crippen molar-refractivity contribution in [2.24, 2.45) is 0 Å². The lowest BCUT2D eigenvalue weighted by molar-refractivity contribution is -0.253. The smallest absolute Gasteiger partial charge is 0.266 e. The number of ether oxygens (including phenoxy) is 2. The molecule has 2 fully saturated rings. The Hall–Kier alpha value is -2.06. The molecule has 31 heavy (non-hydrogen) atoms. The number of carbonyl (C=O) groups is 2. The minimum absolute atomic E-state index is 0.182. The van der Waals surface area contributed by atoms with Crippen molar-refractivity contribution in [3.05, 3.63) is 34.7 Å². The van der Waals surface area contributed by atoms with Crippen LogP contribution in [0.3, 0.4) is 0 Å². The molecule has 0 radical (unpaired) electrons. The van der Waals surface area contributed by atoms with E-state index in [1.54, 1.807) is 37.5 Å². The first-order chi connectivity index (χ1) is 14.7. The van der Waals surface area contributed by atoms with Crippen molar-refractivity contribution in [3.63, 3.8) is 0 Å². The number of thiocarbonyl (C=S) groups is 1. The topological polar surface area (TPSA) is 149 Å². The van der Waals surface area contributed by atoms with E-state index in [0.29, 0.717) is 10.7 Å². The first kappa shape index (κ1) is 23.6. The number of benzene rings is 1. The van der Waals surface area contributed by atoms with E-state index >= 15 is 0 Å². The largest absolute Gasteiger partial charge is 0.497 e. The molecule has 0 unspecified atom stereocenters. The van der Waals surface area contributed by atoms with Crippen LogP contribution in [-0.2, 0) is 14.3 Å². The van der Waals surface area contributed by atoms with Gasteiger partial charge in [0.15, 0.2) is 6.29 Å². The molecule has 12 heteroatoms. The lowest BCUT2D eigenvalue weighted by atomic mass is 9.97. The molecule has 2 aliphatic heterocycles. The molecule has 2 heterocycles. The van der Waals surface area contributed by atoms with Gasteiger partial charge >= 0.3 is 0 Å². The molecule has 0 aromatic heterocycles. The molecule has 1 aromatic rings. The monoisotopic (exact) mass is 470 g/mol. The van der Waals surface area contributed by atoms with Gasteiger partial charge in [-0.2, -0.15) is 0 Å². The Morgan fingerprint density at radius 3 is 2.58 bits per heavy atom. The summed E-state index contributed by atoms with van der Waals surface area (Å²) in [7, 11) is 1.55. The summed E-state index contributed by atoms with van der Waals surface area (Å²) in [5.74, 6) is -0.501. The van der Waals surface area contributed by atoms with Crippen molar-refractivity contribution < 1.29 is 39.5 Å². The fourth-order valence-corrected chi connectivity index (χ4v) is 4.37. The summed E-state index contributed by atoms with van der Waals surface area (Å²) < 4.78 is 10.3. The Labute approximate surface area is 187 Å². The van der Waals surface area contributed by atoms with Crippen LogP contribution in [0.4, 0.5) is 0 Å². The fraction of sp³-hybridized carbons (Fsp3) is 0.421. The van der Waals surface area contributed by atoms with Crippen molar-refractivity contribution in [2.75, 3.05) is 20.3 Å². The third kappa shape index (κ3) is 5.23. The summed E-state index contributed by atoms with van der Waals surface area (Å²) in [5.41, 5.74) is 0.753. The number of hydrogen-bond donors (Lipinski definition) is 5. The standard InChI is InChI=1S/C19H22N2O8S2/c1-28-10-4-2-9(3-5-10)6-12-17(26)21(19(30)31-12)7-13(23)20-14-16(25)15(24)11(8-22)29-18(14)27/h2-6,11,14-16,18,22,24-25,27H,7-8H2,1H3,(H,20,23)/b12-6-/t11-,14+,15+,16+,18-/m0/s1. The van der Waals surface area contributed by atoms with E-state index in [2.05, 4.69) is 5.32 Å². The number of methoxy groups -OCH3 is 1. The van der Waals surface area contributed by atoms with Crippen molar-refractivity contribution in [2.45, 2.75) is 30.6 Å². The summed E-state index contributed by atoms with van der Waals surface area (Å²) in [6.45, 7) is -1.06. The molecule has 3 rings (SSSR count). The molecule has 2 saturated heterocycles. The van der Waals surface area contributed by atoms with Gasteiger partial charge in [0, 0.05) is 0 Å². The number of nitrogens with one attached hydrogen (secondary N) is 1. The molecule has 5 atom stereocenters. The van der Waals surface area contributed by atoms with E-state index in [0.717, 1.165) is 22.2 Å². The van der Waals surface area contributed by atoms with Crippen LogP contribution >= 0.6 is 24.0 Å². The highest BCUT2D eigenvalue weighted by molar-refractivity contribution is 8.26. The van der Waals surface area contributed by atoms with Crippen LogP contribution in [0.2, 0.25) is 0 Å². The molecule has 2 amide bonds. The quantitative estimate of drug-likeness (QED) is 0.254. The second kappa shape index (κ2) is 10.0. The summed E-state index contributed by atoms with van der Waals surface area (Å²) in [6, 6.07) is 5.69. The first-order valence-corrected chi connectivity index (χ1v) is 10.5. The maximum absolute atomic E-state index is 12.7. The van der Waals surface area contributed by atoms with E-state index in [4.69, 9.17) is 26.8 Å². The van der Waals surface area contributed by atoms with E-state index in [-0.39, 0.29) is 4.32 Å². The van der Waals surface area contributed by atoms with Crippen molar-refractivity contribution in [1.29, 1.82) is 0 Å². The average Bonchev–Trinajstić information content (AvgIpc) is 3.01. The van der Waals surface area contributed by atoms with Gasteiger partial charge in [-0.3, -0.25) is 14.5 Å². The van der Waals surface area contributed by atoms with Gasteiger partial charge in [-0.25, -0.2) is 0 Å². The van der Waals surface area contributed by atoms with Gasteiger partial charge in [0.25, 0.3) is 5.91 Å². The fourth-order valence-electron chi connectivity index (χ4n) is 3.12. The zero-order chi connectivity index (χ0) is 22.7. The number of carbonyl (C=O) groups excluding carboxylic acids is 2. The lowest BCUT2D eigenvalue weighted by Gasteiger charge is -2.40. The molecule has 2 aliphatic rings. The SMILES string of the molecule is COc1ccc(/C=C2\SC(=S)N(CC(=O)N[C@@H]3[C@@H](O)[C@H](O)[C@H](CO)O[C@@H]3O)C2=O)cc1. The summed E-state index contributed by atoms with van der Waals surface area (Å²) in [5, 5.41) is 41.4. The van der Waals surface area contributed by atoms with Gasteiger partial charge in [-0.1, -0.05) is 36.1 Å². The molecule has 5 N–H and O–H groups in total. The third-order valence-corrected chi connectivity index (χ3v) is 6.19. The van der Waals surface area contributed by atoms with Crippen LogP contribution in [0, 0.1) is 0 Å². The van der Waals surface area contributed by atoms with Crippen LogP contribution in [0.25, 0.3) is 6.08 Å². The highest BCUT2D eigenvalue weighted by Crippen LogP contribution is 2.32. The van der Waals surface area contributed by atoms with Gasteiger partial charge in [0.05, 0.1) is 18.6 Å². The highest BCUT2D eigenvalue weighted by Gasteiger charge is 2.44. The number of aliphatic hydroxyl groups excluding tert-OH is 4. The van der Waals surface area contributed by atoms with Crippen molar-refractivity contribution >= 4 is 46.2 Å². The van der Waals surface area contributed by atoms with Crippen LogP contribution in [-0.4, -0.2) is 92.4 Å². The zero-order valence-corrected chi connectivity index (χ0v) is 18.0. The van der Waals surface area contributed by atoms with Gasteiger partial charge < -0.3 is 35.2 Å². The Morgan fingerprint density at radius 1 is 1.29 bits per heavy atom. The Kier molecular flexibility index (Phi) is 7.64. The molecule has 0 bridgehead atoms. The number of thioether (sulfide) groups is 1. The molecular weight excluding hydrogens is 448 g/mol. The normalized spacial score (nSPS) is 30.0. The van der Waals surface area contributed by atoms with E-state index in [1.165, 1.54) is 0 Å². The Balaban J connectivity index is 1.64. The lowest BCUT2D eigenvalue weighted by Crippen LogP contribution is -2.64. The van der Waals surface area contributed by atoms with Gasteiger partial charge in [-0.05, 0) is 23.8 Å². The Bertz CT molecular complexity index is 878. The van der Waals surface area contributed by atoms with Crippen LogP contribution < -0.4 is 10.1 Å². The van der Waals surface area contributed by atoms with Gasteiger partial charge in [0.1, 0.15) is 41.0 Å². The highest BCUT2D eigenvalue weighted by atomic mass is 32.2. The first-order valence-electron chi connectivity index (χ1n) is 9.24. The summed E-state index contributed by atoms with van der Waals surface area (Å²) in [4.78, 5) is 26.5. The van der Waals surface area contributed by atoms with Crippen LogP contribution in [0.15, 0.2) is 29.2 Å². The average molecular weight is 471 g/mol. The number of hydrogen-bond acceptors (Lipinski definition) is 10. The van der Waals surface area contributed by atoms with Gasteiger partial charge in [0.2, 0.25) is 5.91 Å². The van der Waals surface area contributed by atoms with Crippen molar-refractivity contribution in [3.8, 4) is 5.75 Å². The zero-order valence-electron chi connectivity index (χ0n) is 16.4. The predicted octanol–water partition coefficient (Wildman–Crippen LogP) is -1.19. The maximum Gasteiger partial charge on any atom is 0.266 e. The molecule has 10 nitrogen and oxygen atoms in total. The number of amides is 2. The summed E-state index contributed by atoms with van der Waals surface area (Å²) >= 11 is 6.25. The molecule has 0 spiro atoms. The number of rotatable bonds is 6. The minimum Gasteiger partial charge on any atom is -0.497 e. The molecule has 0 aliphatic carbocycles. The summed E-state index contributed by atoms with van der Waals surface area (Å²) in [6.07, 6.45) is -4.29. The maximum atomic E-state index is 12.7. The molecular formula is C19H22N2O8S2. The van der Waals surface area contributed by atoms with Crippen molar-refractivity contribution in [1.82, 2.24) is 10.2 Å². The van der Waals surface area contributed by atoms with E-state index in [1.807, 2.05) is 0 Å². The predicted molar refractivity (Wildman–Crippen MR) is 115 cm³/mol. The van der Waals surface area contributed by atoms with Gasteiger partial charge in [-0.15, -0.1) is 0 Å². The third-order valence-electron chi connectivity index (χ3n) is 4.82. The number of aliphatic hydroxyl groups is 4. The van der Waals surface area contributed by atoms with E-state index < -0.39 is 55.6 Å². The molecule has 1 aromatic carbocycles. The van der Waals surface area contributed by atoms with Crippen LogP contribution in [0.5, 0.6) is 5.75 Å². The Morgan fingerprint density at radius 2 is 1.97 bits per heavy atom.